The van der Waals surface area contributed by atoms with Crippen LogP contribution in [0.2, 0.25) is 0 Å². The van der Waals surface area contributed by atoms with Crippen LogP contribution in [0.1, 0.15) is 0 Å². The van der Waals surface area contributed by atoms with Crippen LogP contribution in [-0.2, 0) is 0 Å². The van der Waals surface area contributed by atoms with Gasteiger partial charge < -0.3 is 10.5 Å². The van der Waals surface area contributed by atoms with Gasteiger partial charge in [-0.25, -0.2) is 0 Å². The molecule has 3 nitrogen and oxygen atoms in total. The number of allylic oxidation sites excluding steroid dienone is 1. The van der Waals surface area contributed by atoms with Gasteiger partial charge in [0.1, 0.15) is 11.5 Å². The molecule has 0 saturated carbocycles. The van der Waals surface area contributed by atoms with Crippen molar-refractivity contribution in [1.82, 2.24) is 0 Å². The Morgan fingerprint density at radius 1 is 1.23 bits per heavy atom. The third kappa shape index (κ3) is 1.87. The number of anilines is 1. The van der Waals surface area contributed by atoms with E-state index < -0.39 is 0 Å². The van der Waals surface area contributed by atoms with Crippen molar-refractivity contribution in [1.29, 1.82) is 0 Å². The molecule has 1 heterocycles. The zero-order valence-corrected chi connectivity index (χ0v) is 7.10. The van der Waals surface area contributed by atoms with E-state index in [1.165, 1.54) is 0 Å². The molecule has 2 N–H and O–H groups in total. The molecule has 0 amide bonds. The van der Waals surface area contributed by atoms with Gasteiger partial charge in [0.25, 0.3) is 0 Å². The number of hydrogen-bond acceptors (Lipinski definition) is 3. The fourth-order valence-electron chi connectivity index (χ4n) is 1.08. The lowest BCUT2D eigenvalue weighted by Crippen LogP contribution is -1.94. The first kappa shape index (κ1) is 7.86. The predicted molar refractivity (Wildman–Crippen MR) is 52.9 cm³/mol. The van der Waals surface area contributed by atoms with E-state index in [1.807, 2.05) is 30.3 Å². The van der Waals surface area contributed by atoms with E-state index in [1.54, 1.807) is 6.21 Å². The number of aliphatic imine (C=N–C) groups is 1. The van der Waals surface area contributed by atoms with E-state index in [0.717, 1.165) is 17.2 Å². The second-order valence-corrected chi connectivity index (χ2v) is 2.77. The Morgan fingerprint density at radius 2 is 2.00 bits per heavy atom. The Balaban J connectivity index is 2.09. The molecule has 0 bridgehead atoms. The highest BCUT2D eigenvalue weighted by Gasteiger charge is 2.00. The highest BCUT2D eigenvalue weighted by molar-refractivity contribution is 5.78. The summed E-state index contributed by atoms with van der Waals surface area (Å²) >= 11 is 0. The third-order valence-electron chi connectivity index (χ3n) is 1.73. The molecule has 66 valence electrons. The largest absolute Gasteiger partial charge is 0.456 e. The molecule has 0 saturated heterocycles. The quantitative estimate of drug-likeness (QED) is 0.692. The van der Waals surface area contributed by atoms with Gasteiger partial charge in [0, 0.05) is 5.69 Å². The van der Waals surface area contributed by atoms with Crippen LogP contribution in [0.25, 0.3) is 0 Å². The van der Waals surface area contributed by atoms with Crippen molar-refractivity contribution in [3.63, 3.8) is 0 Å². The molecular formula is C10H10N2O. The Morgan fingerprint density at radius 3 is 2.62 bits per heavy atom. The van der Waals surface area contributed by atoms with Crippen LogP contribution in [0.15, 0.2) is 41.1 Å². The molecule has 0 radical (unpaired) electrons. The van der Waals surface area contributed by atoms with Crippen LogP contribution < -0.4 is 10.5 Å². The summed E-state index contributed by atoms with van der Waals surface area (Å²) in [5, 5.41) is 0. The second-order valence-electron chi connectivity index (χ2n) is 2.77. The summed E-state index contributed by atoms with van der Waals surface area (Å²) in [5.74, 6) is 1.58. The topological polar surface area (TPSA) is 47.6 Å². The summed E-state index contributed by atoms with van der Waals surface area (Å²) in [6, 6.07) is 7.29. The Labute approximate surface area is 76.5 Å². The number of ether oxygens (including phenoxy) is 1. The van der Waals surface area contributed by atoms with Gasteiger partial charge >= 0.3 is 0 Å². The number of nitrogens with two attached hydrogens (primary N) is 1. The zero-order valence-electron chi connectivity index (χ0n) is 7.10. The highest BCUT2D eigenvalue weighted by Crippen LogP contribution is 2.16. The van der Waals surface area contributed by atoms with Crippen LogP contribution in [-0.4, -0.2) is 12.8 Å². The SMILES string of the molecule is Nc1ccc(OC2=CCN=C2)cc1. The molecule has 3 heteroatoms. The van der Waals surface area contributed by atoms with Crippen LogP contribution >= 0.6 is 0 Å². The van der Waals surface area contributed by atoms with E-state index in [2.05, 4.69) is 4.99 Å². The van der Waals surface area contributed by atoms with Gasteiger partial charge in [-0.15, -0.1) is 0 Å². The monoisotopic (exact) mass is 174 g/mol. The van der Waals surface area contributed by atoms with Crippen molar-refractivity contribution in [2.45, 2.75) is 0 Å². The van der Waals surface area contributed by atoms with Crippen LogP contribution in [0.3, 0.4) is 0 Å². The minimum absolute atomic E-state index is 0.713. The van der Waals surface area contributed by atoms with E-state index in [0.29, 0.717) is 6.54 Å². The highest BCUT2D eigenvalue weighted by atomic mass is 16.5. The normalized spacial score (nSPS) is 14.3. The molecular weight excluding hydrogens is 164 g/mol. The van der Waals surface area contributed by atoms with Gasteiger partial charge in [-0.3, -0.25) is 4.99 Å². The summed E-state index contributed by atoms with van der Waals surface area (Å²) in [5.41, 5.74) is 6.28. The Bertz CT molecular complexity index is 352. The first-order chi connectivity index (χ1) is 6.34. The average Bonchev–Trinajstić information content (AvgIpc) is 2.62. The maximum Gasteiger partial charge on any atom is 0.143 e. The predicted octanol–water partition coefficient (Wildman–Crippen LogP) is 1.62. The summed E-state index contributed by atoms with van der Waals surface area (Å²) in [7, 11) is 0. The second kappa shape index (κ2) is 3.31. The maximum atomic E-state index is 5.54. The van der Waals surface area contributed by atoms with E-state index in [9.17, 15) is 0 Å². The molecule has 0 fully saturated rings. The average molecular weight is 174 g/mol. The number of benzene rings is 1. The van der Waals surface area contributed by atoms with Gasteiger partial charge in [0.15, 0.2) is 0 Å². The van der Waals surface area contributed by atoms with Gasteiger partial charge in [-0.2, -0.15) is 0 Å². The van der Waals surface area contributed by atoms with Crippen molar-refractivity contribution >= 4 is 11.9 Å². The minimum atomic E-state index is 0.713. The van der Waals surface area contributed by atoms with Crippen molar-refractivity contribution < 1.29 is 4.74 Å². The molecule has 0 aliphatic carbocycles. The fraction of sp³-hybridized carbons (Fsp3) is 0.100. The molecule has 0 spiro atoms. The smallest absolute Gasteiger partial charge is 0.143 e. The van der Waals surface area contributed by atoms with Gasteiger partial charge in [0.2, 0.25) is 0 Å². The molecule has 13 heavy (non-hydrogen) atoms. The van der Waals surface area contributed by atoms with E-state index in [4.69, 9.17) is 10.5 Å². The minimum Gasteiger partial charge on any atom is -0.456 e. The maximum absolute atomic E-state index is 5.54. The number of nitrogens with zero attached hydrogens (tertiary/aromatic N) is 1. The van der Waals surface area contributed by atoms with E-state index in [-0.39, 0.29) is 0 Å². The van der Waals surface area contributed by atoms with Gasteiger partial charge in [-0.05, 0) is 30.3 Å². The zero-order chi connectivity index (χ0) is 9.10. The Hall–Kier alpha value is -1.77. The molecule has 1 aliphatic rings. The van der Waals surface area contributed by atoms with Gasteiger partial charge in [0.05, 0.1) is 12.8 Å². The first-order valence-electron chi connectivity index (χ1n) is 4.08. The van der Waals surface area contributed by atoms with Crippen molar-refractivity contribution in [2.75, 3.05) is 12.3 Å². The number of hydrogen-bond donors (Lipinski definition) is 1. The fourth-order valence-corrected chi connectivity index (χ4v) is 1.08. The van der Waals surface area contributed by atoms with Crippen LogP contribution in [0.5, 0.6) is 5.75 Å². The lowest BCUT2D eigenvalue weighted by Gasteiger charge is -2.03. The molecule has 0 unspecified atom stereocenters. The first-order valence-corrected chi connectivity index (χ1v) is 4.08. The van der Waals surface area contributed by atoms with Crippen LogP contribution in [0, 0.1) is 0 Å². The standard InChI is InChI=1S/C10H10N2O/c11-8-1-3-9(4-2-8)13-10-5-6-12-7-10/h1-5,7H,6,11H2. The molecule has 1 aliphatic heterocycles. The summed E-state index contributed by atoms with van der Waals surface area (Å²) in [6.45, 7) is 0.713. The molecule has 0 aromatic heterocycles. The van der Waals surface area contributed by atoms with Crippen molar-refractivity contribution in [3.05, 3.63) is 36.1 Å². The lowest BCUT2D eigenvalue weighted by atomic mass is 10.3. The van der Waals surface area contributed by atoms with Crippen LogP contribution in [0.4, 0.5) is 5.69 Å². The third-order valence-corrected chi connectivity index (χ3v) is 1.73. The summed E-state index contributed by atoms with van der Waals surface area (Å²) < 4.78 is 5.49. The lowest BCUT2D eigenvalue weighted by molar-refractivity contribution is 0.458. The molecule has 2 rings (SSSR count). The summed E-state index contributed by atoms with van der Waals surface area (Å²) in [6.07, 6.45) is 3.65. The summed E-state index contributed by atoms with van der Waals surface area (Å²) in [4.78, 5) is 4.01. The van der Waals surface area contributed by atoms with Crippen molar-refractivity contribution in [2.24, 2.45) is 4.99 Å². The number of rotatable bonds is 2. The van der Waals surface area contributed by atoms with Crippen molar-refractivity contribution in [3.8, 4) is 5.75 Å². The molecule has 1 aromatic carbocycles. The number of nitrogen functional groups attached to an aromatic ring is 1. The molecule has 0 atom stereocenters. The Kier molecular flexibility index (Phi) is 2.00. The van der Waals surface area contributed by atoms with E-state index >= 15 is 0 Å². The van der Waals surface area contributed by atoms with Gasteiger partial charge in [-0.1, -0.05) is 0 Å². The molecule has 1 aromatic rings.